The molecule has 0 fully saturated rings. The Morgan fingerprint density at radius 1 is 1.15 bits per heavy atom. The van der Waals surface area contributed by atoms with Crippen LogP contribution in [0.25, 0.3) is 0 Å². The minimum absolute atomic E-state index is 0.0508. The third kappa shape index (κ3) is 3.17. The Labute approximate surface area is 125 Å². The van der Waals surface area contributed by atoms with E-state index in [1.807, 2.05) is 30.3 Å². The fourth-order valence-electron chi connectivity index (χ4n) is 1.91. The van der Waals surface area contributed by atoms with Gasteiger partial charge in [-0.1, -0.05) is 37.3 Å². The van der Waals surface area contributed by atoms with Crippen molar-refractivity contribution >= 4 is 21.6 Å². The predicted molar refractivity (Wildman–Crippen MR) is 80.9 cm³/mol. The summed E-state index contributed by atoms with van der Waals surface area (Å²) in [5.41, 5.74) is 1.93. The largest absolute Gasteiger partial charge is 0.489 e. The number of benzene rings is 2. The molecule has 0 heterocycles. The second kappa shape index (κ2) is 6.52. The molecule has 104 valence electrons. The molecule has 2 aromatic carbocycles. The van der Waals surface area contributed by atoms with Crippen LogP contribution in [0.4, 0.5) is 5.69 Å². The normalized spacial score (nSPS) is 10.3. The van der Waals surface area contributed by atoms with Crippen molar-refractivity contribution in [3.8, 4) is 5.75 Å². The van der Waals surface area contributed by atoms with Crippen molar-refractivity contribution < 1.29 is 9.66 Å². The van der Waals surface area contributed by atoms with Gasteiger partial charge in [0.15, 0.2) is 0 Å². The van der Waals surface area contributed by atoms with Gasteiger partial charge in [0.2, 0.25) is 0 Å². The first-order valence-electron chi connectivity index (χ1n) is 6.26. The highest BCUT2D eigenvalue weighted by molar-refractivity contribution is 9.10. The number of ether oxygens (including phenoxy) is 1. The minimum Gasteiger partial charge on any atom is -0.489 e. The third-order valence-corrected chi connectivity index (χ3v) is 3.91. The van der Waals surface area contributed by atoms with Gasteiger partial charge in [0, 0.05) is 11.6 Å². The number of halogens is 1. The zero-order valence-corrected chi connectivity index (χ0v) is 12.6. The highest BCUT2D eigenvalue weighted by Crippen LogP contribution is 2.29. The van der Waals surface area contributed by atoms with Crippen molar-refractivity contribution in [2.24, 2.45) is 0 Å². The first-order chi connectivity index (χ1) is 9.63. The molecular weight excluding hydrogens is 322 g/mol. The van der Waals surface area contributed by atoms with Crippen molar-refractivity contribution in [3.05, 3.63) is 68.2 Å². The lowest BCUT2D eigenvalue weighted by molar-refractivity contribution is -0.385. The zero-order valence-electron chi connectivity index (χ0n) is 11.0. The second-order valence-corrected chi connectivity index (χ2v) is 5.05. The molecule has 2 rings (SSSR count). The van der Waals surface area contributed by atoms with Crippen molar-refractivity contribution in [2.75, 3.05) is 0 Å². The van der Waals surface area contributed by atoms with Crippen LogP contribution < -0.4 is 4.74 Å². The average Bonchev–Trinajstić information content (AvgIpc) is 2.46. The standard InChI is InChI=1S/C15H14BrNO3/c1-2-11-6-3-4-9-14(11)20-10-12-7-5-8-13(15(12)16)17(18)19/h3-9H,2,10H2,1H3. The molecule has 0 saturated carbocycles. The van der Waals surface area contributed by atoms with E-state index < -0.39 is 4.92 Å². The van der Waals surface area contributed by atoms with E-state index in [4.69, 9.17) is 4.74 Å². The molecule has 0 atom stereocenters. The van der Waals surface area contributed by atoms with Crippen molar-refractivity contribution in [1.29, 1.82) is 0 Å². The quantitative estimate of drug-likeness (QED) is 0.597. The molecule has 0 aliphatic carbocycles. The van der Waals surface area contributed by atoms with Gasteiger partial charge < -0.3 is 4.74 Å². The zero-order chi connectivity index (χ0) is 14.5. The molecule has 20 heavy (non-hydrogen) atoms. The summed E-state index contributed by atoms with van der Waals surface area (Å²) in [5, 5.41) is 10.9. The van der Waals surface area contributed by atoms with Crippen molar-refractivity contribution in [2.45, 2.75) is 20.0 Å². The van der Waals surface area contributed by atoms with Gasteiger partial charge in [-0.3, -0.25) is 10.1 Å². The maximum atomic E-state index is 10.9. The van der Waals surface area contributed by atoms with E-state index in [1.165, 1.54) is 6.07 Å². The van der Waals surface area contributed by atoms with E-state index in [1.54, 1.807) is 6.07 Å². The molecule has 0 spiro atoms. The van der Waals surface area contributed by atoms with Crippen molar-refractivity contribution in [3.63, 3.8) is 0 Å². The summed E-state index contributed by atoms with van der Waals surface area (Å²) in [6.07, 6.45) is 0.881. The minimum atomic E-state index is -0.409. The van der Waals surface area contributed by atoms with E-state index in [9.17, 15) is 10.1 Å². The van der Waals surface area contributed by atoms with E-state index in [2.05, 4.69) is 22.9 Å². The summed E-state index contributed by atoms with van der Waals surface area (Å²) in [6.45, 7) is 2.35. The summed E-state index contributed by atoms with van der Waals surface area (Å²) in [4.78, 5) is 10.5. The smallest absolute Gasteiger partial charge is 0.283 e. The molecule has 0 aromatic heterocycles. The first kappa shape index (κ1) is 14.5. The lowest BCUT2D eigenvalue weighted by Gasteiger charge is -2.11. The van der Waals surface area contributed by atoms with Gasteiger partial charge >= 0.3 is 0 Å². The predicted octanol–water partition coefficient (Wildman–Crippen LogP) is 4.50. The summed E-state index contributed by atoms with van der Waals surface area (Å²) < 4.78 is 6.25. The van der Waals surface area contributed by atoms with E-state index in [0.29, 0.717) is 11.1 Å². The Hall–Kier alpha value is -1.88. The van der Waals surface area contributed by atoms with E-state index in [-0.39, 0.29) is 5.69 Å². The molecule has 0 saturated heterocycles. The van der Waals surface area contributed by atoms with Gasteiger partial charge in [0.25, 0.3) is 5.69 Å². The summed E-state index contributed by atoms with van der Waals surface area (Å²) in [5.74, 6) is 0.813. The number of aryl methyl sites for hydroxylation is 1. The molecule has 4 nitrogen and oxygen atoms in total. The van der Waals surface area contributed by atoms with E-state index >= 15 is 0 Å². The van der Waals surface area contributed by atoms with Crippen LogP contribution >= 0.6 is 15.9 Å². The Kier molecular flexibility index (Phi) is 4.74. The molecule has 2 aromatic rings. The molecule has 0 N–H and O–H groups in total. The van der Waals surface area contributed by atoms with Crippen LogP contribution in [0.15, 0.2) is 46.9 Å². The number of hydrogen-bond acceptors (Lipinski definition) is 3. The Morgan fingerprint density at radius 2 is 1.85 bits per heavy atom. The van der Waals surface area contributed by atoms with Gasteiger partial charge in [-0.2, -0.15) is 0 Å². The number of para-hydroxylation sites is 1. The van der Waals surface area contributed by atoms with Crippen LogP contribution in [0.1, 0.15) is 18.1 Å². The van der Waals surface area contributed by atoms with Crippen molar-refractivity contribution in [1.82, 2.24) is 0 Å². The lowest BCUT2D eigenvalue weighted by atomic mass is 10.1. The number of nitrogens with zero attached hydrogens (tertiary/aromatic N) is 1. The lowest BCUT2D eigenvalue weighted by Crippen LogP contribution is -2.00. The van der Waals surface area contributed by atoms with Crippen LogP contribution in [0.5, 0.6) is 5.75 Å². The van der Waals surface area contributed by atoms with Crippen LogP contribution in [0.2, 0.25) is 0 Å². The molecule has 5 heteroatoms. The maximum Gasteiger partial charge on any atom is 0.283 e. The highest BCUT2D eigenvalue weighted by atomic mass is 79.9. The fraction of sp³-hybridized carbons (Fsp3) is 0.200. The SMILES string of the molecule is CCc1ccccc1OCc1cccc([N+](=O)[O-])c1Br. The van der Waals surface area contributed by atoms with Gasteiger partial charge in [-0.15, -0.1) is 0 Å². The number of nitro benzene ring substituents is 1. The number of hydrogen-bond donors (Lipinski definition) is 0. The summed E-state index contributed by atoms with van der Waals surface area (Å²) in [7, 11) is 0. The Morgan fingerprint density at radius 3 is 2.55 bits per heavy atom. The monoisotopic (exact) mass is 335 g/mol. The Bertz CT molecular complexity index is 628. The van der Waals surface area contributed by atoms with Gasteiger partial charge in [0.05, 0.1) is 4.92 Å². The molecule has 0 aliphatic heterocycles. The Balaban J connectivity index is 2.19. The molecular formula is C15H14BrNO3. The van der Waals surface area contributed by atoms with Crippen LogP contribution in [0.3, 0.4) is 0 Å². The van der Waals surface area contributed by atoms with Crippen LogP contribution in [-0.4, -0.2) is 4.92 Å². The van der Waals surface area contributed by atoms with Crippen LogP contribution in [0, 0.1) is 10.1 Å². The third-order valence-electron chi connectivity index (χ3n) is 2.99. The number of nitro groups is 1. The second-order valence-electron chi connectivity index (χ2n) is 4.26. The maximum absolute atomic E-state index is 10.9. The van der Waals surface area contributed by atoms with E-state index in [0.717, 1.165) is 23.3 Å². The van der Waals surface area contributed by atoms with Gasteiger partial charge in [-0.05, 0) is 34.0 Å². The molecule has 0 unspecified atom stereocenters. The highest BCUT2D eigenvalue weighted by Gasteiger charge is 2.15. The molecule has 0 aliphatic rings. The summed E-state index contributed by atoms with van der Waals surface area (Å²) >= 11 is 3.27. The van der Waals surface area contributed by atoms with Gasteiger partial charge in [-0.25, -0.2) is 0 Å². The molecule has 0 radical (unpaired) electrons. The molecule has 0 amide bonds. The van der Waals surface area contributed by atoms with Gasteiger partial charge in [0.1, 0.15) is 16.8 Å². The summed E-state index contributed by atoms with van der Waals surface area (Å²) in [6, 6.07) is 12.7. The first-order valence-corrected chi connectivity index (χ1v) is 7.05. The number of rotatable bonds is 5. The molecule has 0 bridgehead atoms. The van der Waals surface area contributed by atoms with Crippen LogP contribution in [-0.2, 0) is 13.0 Å². The fourth-order valence-corrected chi connectivity index (χ4v) is 2.43. The average molecular weight is 336 g/mol. The topological polar surface area (TPSA) is 52.4 Å².